The van der Waals surface area contributed by atoms with E-state index in [1.165, 1.54) is 0 Å². The molecule has 2 atom stereocenters. The van der Waals surface area contributed by atoms with Crippen LogP contribution < -0.4 is 5.32 Å². The lowest BCUT2D eigenvalue weighted by Gasteiger charge is -2.15. The van der Waals surface area contributed by atoms with Crippen LogP contribution in [0.15, 0.2) is 0 Å². The molecule has 0 aromatic carbocycles. The van der Waals surface area contributed by atoms with Crippen LogP contribution in [0.5, 0.6) is 0 Å². The van der Waals surface area contributed by atoms with Crippen molar-refractivity contribution in [1.82, 2.24) is 5.32 Å². The first-order valence-electron chi connectivity index (χ1n) is 6.04. The number of nitrogens with one attached hydrogen (secondary N) is 1. The fourth-order valence-corrected chi connectivity index (χ4v) is 2.31. The lowest BCUT2D eigenvalue weighted by molar-refractivity contribution is -0.138. The van der Waals surface area contributed by atoms with Gasteiger partial charge >= 0.3 is 5.97 Å². The highest BCUT2D eigenvalue weighted by atomic mass is 32.2. The Morgan fingerprint density at radius 1 is 1.29 bits per heavy atom. The molecule has 0 aliphatic rings. The number of hydrogen-bond donors (Lipinski definition) is 2. The van der Waals surface area contributed by atoms with Crippen molar-refractivity contribution in [3.63, 3.8) is 0 Å². The minimum atomic E-state index is -0.849. The molecule has 0 heterocycles. The van der Waals surface area contributed by atoms with Gasteiger partial charge in [-0.05, 0) is 30.8 Å². The summed E-state index contributed by atoms with van der Waals surface area (Å²) in [5, 5.41) is 11.5. The van der Waals surface area contributed by atoms with E-state index in [0.29, 0.717) is 0 Å². The zero-order chi connectivity index (χ0) is 13.3. The molecule has 0 fully saturated rings. The van der Waals surface area contributed by atoms with E-state index >= 15 is 0 Å². The molecule has 4 nitrogen and oxygen atoms in total. The van der Waals surface area contributed by atoms with Crippen molar-refractivity contribution < 1.29 is 14.7 Å². The molecule has 0 bridgehead atoms. The molecule has 0 aromatic heterocycles. The Labute approximate surface area is 108 Å². The summed E-state index contributed by atoms with van der Waals surface area (Å²) < 4.78 is 0. The smallest absolute Gasteiger partial charge is 0.303 e. The molecule has 0 aliphatic heterocycles. The largest absolute Gasteiger partial charge is 0.481 e. The number of hydrogen-bond acceptors (Lipinski definition) is 3. The summed E-state index contributed by atoms with van der Waals surface area (Å²) in [6.45, 7) is 5.88. The van der Waals surface area contributed by atoms with Crippen molar-refractivity contribution in [3.05, 3.63) is 0 Å². The van der Waals surface area contributed by atoms with Gasteiger partial charge in [-0.25, -0.2) is 0 Å². The van der Waals surface area contributed by atoms with Gasteiger partial charge in [0.2, 0.25) is 5.91 Å². The average Bonchev–Trinajstić information content (AvgIpc) is 2.15. The molecule has 1 amide bonds. The fourth-order valence-electron chi connectivity index (χ4n) is 1.50. The summed E-state index contributed by atoms with van der Waals surface area (Å²) in [4.78, 5) is 22.0. The zero-order valence-electron chi connectivity index (χ0n) is 10.9. The normalized spacial score (nSPS) is 14.1. The van der Waals surface area contributed by atoms with Crippen LogP contribution in [0.1, 0.15) is 40.0 Å². The van der Waals surface area contributed by atoms with Gasteiger partial charge in [-0.1, -0.05) is 13.8 Å². The molecule has 0 saturated carbocycles. The molecule has 0 aromatic rings. The van der Waals surface area contributed by atoms with Crippen molar-refractivity contribution in [3.8, 4) is 0 Å². The maximum absolute atomic E-state index is 11.6. The molecule has 5 heteroatoms. The van der Waals surface area contributed by atoms with E-state index in [0.717, 1.165) is 17.9 Å². The van der Waals surface area contributed by atoms with E-state index in [-0.39, 0.29) is 30.7 Å². The number of carbonyl (C=O) groups is 2. The van der Waals surface area contributed by atoms with E-state index in [1.54, 1.807) is 6.92 Å². The third-order valence-electron chi connectivity index (χ3n) is 2.36. The predicted molar refractivity (Wildman–Crippen MR) is 71.3 cm³/mol. The second-order valence-electron chi connectivity index (χ2n) is 4.36. The Hall–Kier alpha value is -0.710. The first-order chi connectivity index (χ1) is 7.95. The van der Waals surface area contributed by atoms with E-state index in [9.17, 15) is 9.59 Å². The summed E-state index contributed by atoms with van der Waals surface area (Å²) >= 11 is 1.86. The van der Waals surface area contributed by atoms with Crippen molar-refractivity contribution in [2.75, 3.05) is 11.5 Å². The molecular formula is C12H23NO3S. The molecule has 0 aliphatic carbocycles. The maximum Gasteiger partial charge on any atom is 0.303 e. The van der Waals surface area contributed by atoms with E-state index in [4.69, 9.17) is 5.11 Å². The van der Waals surface area contributed by atoms with Gasteiger partial charge in [0.15, 0.2) is 0 Å². The van der Waals surface area contributed by atoms with Gasteiger partial charge in [-0.15, -0.1) is 0 Å². The quantitative estimate of drug-likeness (QED) is 0.624. The van der Waals surface area contributed by atoms with Gasteiger partial charge in [0.25, 0.3) is 0 Å². The van der Waals surface area contributed by atoms with Crippen molar-refractivity contribution in [1.29, 1.82) is 0 Å². The minimum absolute atomic E-state index is 0.0484. The van der Waals surface area contributed by atoms with Crippen LogP contribution in [-0.2, 0) is 9.59 Å². The topological polar surface area (TPSA) is 66.4 Å². The van der Waals surface area contributed by atoms with Crippen molar-refractivity contribution >= 4 is 23.6 Å². The second kappa shape index (κ2) is 9.33. The Morgan fingerprint density at radius 2 is 1.94 bits per heavy atom. The van der Waals surface area contributed by atoms with Gasteiger partial charge in [0.05, 0.1) is 0 Å². The molecule has 2 unspecified atom stereocenters. The first kappa shape index (κ1) is 16.3. The van der Waals surface area contributed by atoms with Crippen LogP contribution in [0.25, 0.3) is 0 Å². The Kier molecular flexibility index (Phi) is 8.94. The molecule has 0 saturated heterocycles. The third kappa shape index (κ3) is 10.2. The third-order valence-corrected chi connectivity index (χ3v) is 3.30. The van der Waals surface area contributed by atoms with Gasteiger partial charge in [-0.3, -0.25) is 9.59 Å². The number of rotatable bonds is 9. The average molecular weight is 261 g/mol. The number of carboxylic acids is 1. The van der Waals surface area contributed by atoms with Gasteiger partial charge in [-0.2, -0.15) is 11.8 Å². The molecule has 100 valence electrons. The summed E-state index contributed by atoms with van der Waals surface area (Å²) in [7, 11) is 0. The minimum Gasteiger partial charge on any atom is -0.481 e. The Morgan fingerprint density at radius 3 is 2.47 bits per heavy atom. The molecule has 0 rings (SSSR count). The maximum atomic E-state index is 11.6. The van der Waals surface area contributed by atoms with Crippen LogP contribution in [0, 0.1) is 5.92 Å². The highest BCUT2D eigenvalue weighted by Gasteiger charge is 2.14. The highest BCUT2D eigenvalue weighted by molar-refractivity contribution is 7.99. The monoisotopic (exact) mass is 261 g/mol. The molecule has 2 N–H and O–H groups in total. The van der Waals surface area contributed by atoms with E-state index in [2.05, 4.69) is 12.2 Å². The Balaban J connectivity index is 3.73. The second-order valence-corrected chi connectivity index (χ2v) is 5.76. The predicted octanol–water partition coefficient (Wildman–Crippen LogP) is 2.14. The molecule has 0 radical (unpaired) electrons. The number of thioether (sulfide) groups is 1. The van der Waals surface area contributed by atoms with Crippen LogP contribution >= 0.6 is 11.8 Å². The fraction of sp³-hybridized carbons (Fsp3) is 0.833. The summed E-state index contributed by atoms with van der Waals surface area (Å²) in [5.41, 5.74) is 0. The number of amides is 1. The van der Waals surface area contributed by atoms with E-state index < -0.39 is 5.97 Å². The summed E-state index contributed by atoms with van der Waals surface area (Å²) in [6, 6.07) is 0.165. The van der Waals surface area contributed by atoms with Gasteiger partial charge < -0.3 is 10.4 Å². The summed E-state index contributed by atoms with van der Waals surface area (Å²) in [5.74, 6) is 1.13. The van der Waals surface area contributed by atoms with Crippen LogP contribution in [0.2, 0.25) is 0 Å². The standard InChI is InChI=1S/C12H23NO3S/c1-4-17-6-5-10(3)13-11(14)7-9(2)8-12(15)16/h9-10H,4-8H2,1-3H3,(H,13,14)(H,15,16). The van der Waals surface area contributed by atoms with Crippen molar-refractivity contribution in [2.24, 2.45) is 5.92 Å². The summed E-state index contributed by atoms with van der Waals surface area (Å²) in [6.07, 6.45) is 1.29. The number of carbonyl (C=O) groups excluding carboxylic acids is 1. The van der Waals surface area contributed by atoms with Crippen LogP contribution in [0.4, 0.5) is 0 Å². The SMILES string of the molecule is CCSCCC(C)NC(=O)CC(C)CC(=O)O. The lowest BCUT2D eigenvalue weighted by atomic mass is 10.0. The molecule has 0 spiro atoms. The number of carboxylic acid groups (broad SMARTS) is 1. The lowest BCUT2D eigenvalue weighted by Crippen LogP contribution is -2.34. The Bertz CT molecular complexity index is 246. The molecule has 17 heavy (non-hydrogen) atoms. The van der Waals surface area contributed by atoms with Gasteiger partial charge in [0, 0.05) is 18.9 Å². The zero-order valence-corrected chi connectivity index (χ0v) is 11.7. The number of aliphatic carboxylic acids is 1. The van der Waals surface area contributed by atoms with E-state index in [1.807, 2.05) is 18.7 Å². The first-order valence-corrected chi connectivity index (χ1v) is 7.20. The van der Waals surface area contributed by atoms with Crippen LogP contribution in [-0.4, -0.2) is 34.5 Å². The highest BCUT2D eigenvalue weighted by Crippen LogP contribution is 2.08. The van der Waals surface area contributed by atoms with Gasteiger partial charge in [0.1, 0.15) is 0 Å². The van der Waals surface area contributed by atoms with Crippen molar-refractivity contribution in [2.45, 2.75) is 46.1 Å². The van der Waals surface area contributed by atoms with Crippen LogP contribution in [0.3, 0.4) is 0 Å². The molecular weight excluding hydrogens is 238 g/mol.